The lowest BCUT2D eigenvalue weighted by molar-refractivity contribution is -0.138. The molecule has 0 fully saturated rings. The number of benzene rings is 1. The molecule has 0 aliphatic rings. The highest BCUT2D eigenvalue weighted by molar-refractivity contribution is 9.10. The van der Waals surface area contributed by atoms with E-state index in [1.807, 2.05) is 38.1 Å². The summed E-state index contributed by atoms with van der Waals surface area (Å²) in [5.74, 6) is -0.463. The smallest absolute Gasteiger partial charge is 0.326 e. The summed E-state index contributed by atoms with van der Waals surface area (Å²) in [6.45, 7) is 4.02. The van der Waals surface area contributed by atoms with Crippen molar-refractivity contribution in [3.05, 3.63) is 28.7 Å². The van der Waals surface area contributed by atoms with Crippen LogP contribution in [0.1, 0.15) is 20.3 Å². The average Bonchev–Trinajstić information content (AvgIpc) is 2.15. The molecule has 1 aromatic carbocycles. The Labute approximate surface area is 104 Å². The lowest BCUT2D eigenvalue weighted by atomic mass is 10.0. The van der Waals surface area contributed by atoms with Crippen molar-refractivity contribution in [2.24, 2.45) is 5.92 Å². The molecule has 0 heterocycles. The third-order valence-electron chi connectivity index (χ3n) is 2.17. The second kappa shape index (κ2) is 5.89. The molecule has 3 nitrogen and oxygen atoms in total. The van der Waals surface area contributed by atoms with E-state index < -0.39 is 12.0 Å². The van der Waals surface area contributed by atoms with Crippen molar-refractivity contribution in [1.82, 2.24) is 0 Å². The van der Waals surface area contributed by atoms with E-state index in [0.29, 0.717) is 12.3 Å². The first kappa shape index (κ1) is 13.0. The summed E-state index contributed by atoms with van der Waals surface area (Å²) < 4.78 is 0.936. The van der Waals surface area contributed by atoms with Gasteiger partial charge in [-0.15, -0.1) is 0 Å². The number of carboxylic acids is 1. The molecule has 1 atom stereocenters. The van der Waals surface area contributed by atoms with Gasteiger partial charge in [-0.05, 0) is 30.5 Å². The molecule has 0 radical (unpaired) electrons. The van der Waals surface area contributed by atoms with Gasteiger partial charge >= 0.3 is 5.97 Å². The van der Waals surface area contributed by atoms with Gasteiger partial charge in [0.1, 0.15) is 6.04 Å². The Hall–Kier alpha value is -1.03. The van der Waals surface area contributed by atoms with E-state index >= 15 is 0 Å². The zero-order chi connectivity index (χ0) is 12.1. The number of aliphatic carboxylic acids is 1. The molecule has 1 rings (SSSR count). The Morgan fingerprint density at radius 3 is 2.69 bits per heavy atom. The number of carboxylic acid groups (broad SMARTS) is 1. The van der Waals surface area contributed by atoms with Gasteiger partial charge < -0.3 is 10.4 Å². The van der Waals surface area contributed by atoms with Crippen LogP contribution in [0.5, 0.6) is 0 Å². The molecule has 0 saturated heterocycles. The fourth-order valence-electron chi connectivity index (χ4n) is 1.47. The van der Waals surface area contributed by atoms with E-state index in [1.165, 1.54) is 0 Å². The van der Waals surface area contributed by atoms with Crippen LogP contribution in [-0.2, 0) is 4.79 Å². The summed E-state index contributed by atoms with van der Waals surface area (Å²) >= 11 is 3.35. The Bertz CT molecular complexity index is 366. The molecule has 0 spiro atoms. The van der Waals surface area contributed by atoms with Crippen molar-refractivity contribution in [2.45, 2.75) is 26.3 Å². The van der Waals surface area contributed by atoms with E-state index in [4.69, 9.17) is 5.11 Å². The molecule has 0 aliphatic carbocycles. The predicted octanol–water partition coefficient (Wildman–Crippen LogP) is 3.36. The number of anilines is 1. The number of hydrogen-bond donors (Lipinski definition) is 2. The topological polar surface area (TPSA) is 49.3 Å². The number of rotatable bonds is 5. The Kier molecular flexibility index (Phi) is 4.80. The van der Waals surface area contributed by atoms with E-state index in [-0.39, 0.29) is 0 Å². The van der Waals surface area contributed by atoms with Crippen LogP contribution in [0.25, 0.3) is 0 Å². The molecule has 4 heteroatoms. The van der Waals surface area contributed by atoms with Gasteiger partial charge in [0.2, 0.25) is 0 Å². The number of carbonyl (C=O) groups is 1. The third-order valence-corrected chi connectivity index (χ3v) is 2.66. The van der Waals surface area contributed by atoms with Crippen LogP contribution >= 0.6 is 15.9 Å². The molecule has 0 bridgehead atoms. The molecular formula is C12H16BrNO2. The molecule has 1 aromatic rings. The first-order valence-electron chi connectivity index (χ1n) is 5.24. The molecule has 0 saturated carbocycles. The van der Waals surface area contributed by atoms with Gasteiger partial charge in [-0.3, -0.25) is 0 Å². The maximum Gasteiger partial charge on any atom is 0.326 e. The summed E-state index contributed by atoms with van der Waals surface area (Å²) in [5, 5.41) is 12.1. The lowest BCUT2D eigenvalue weighted by Gasteiger charge is -2.17. The van der Waals surface area contributed by atoms with Gasteiger partial charge in [0, 0.05) is 10.2 Å². The van der Waals surface area contributed by atoms with Crippen molar-refractivity contribution in [3.63, 3.8) is 0 Å². The fourth-order valence-corrected chi connectivity index (χ4v) is 1.87. The second-order valence-electron chi connectivity index (χ2n) is 4.18. The van der Waals surface area contributed by atoms with Crippen molar-refractivity contribution in [3.8, 4) is 0 Å². The first-order valence-corrected chi connectivity index (χ1v) is 6.03. The Morgan fingerprint density at radius 2 is 2.19 bits per heavy atom. The van der Waals surface area contributed by atoms with Crippen LogP contribution in [0, 0.1) is 5.92 Å². The third kappa shape index (κ3) is 4.23. The number of hydrogen-bond acceptors (Lipinski definition) is 2. The fraction of sp³-hybridized carbons (Fsp3) is 0.417. The molecule has 0 aromatic heterocycles. The summed E-state index contributed by atoms with van der Waals surface area (Å²) in [6.07, 6.45) is 0.613. The Morgan fingerprint density at radius 1 is 1.50 bits per heavy atom. The van der Waals surface area contributed by atoms with Crippen LogP contribution in [0.2, 0.25) is 0 Å². The zero-order valence-corrected chi connectivity index (χ0v) is 11.0. The summed E-state index contributed by atoms with van der Waals surface area (Å²) in [7, 11) is 0. The van der Waals surface area contributed by atoms with Gasteiger partial charge in [-0.1, -0.05) is 35.8 Å². The maximum absolute atomic E-state index is 11.1. The van der Waals surface area contributed by atoms with Crippen LogP contribution in [0.15, 0.2) is 28.7 Å². The largest absolute Gasteiger partial charge is 0.480 e. The van der Waals surface area contributed by atoms with Crippen LogP contribution < -0.4 is 5.32 Å². The average molecular weight is 286 g/mol. The van der Waals surface area contributed by atoms with Crippen molar-refractivity contribution in [1.29, 1.82) is 0 Å². The molecule has 16 heavy (non-hydrogen) atoms. The van der Waals surface area contributed by atoms with Crippen molar-refractivity contribution in [2.75, 3.05) is 5.32 Å². The highest BCUT2D eigenvalue weighted by Gasteiger charge is 2.18. The number of nitrogens with one attached hydrogen (secondary N) is 1. The predicted molar refractivity (Wildman–Crippen MR) is 68.6 cm³/mol. The molecule has 1 unspecified atom stereocenters. The normalized spacial score (nSPS) is 12.5. The van der Waals surface area contributed by atoms with Gasteiger partial charge in [-0.25, -0.2) is 4.79 Å². The van der Waals surface area contributed by atoms with Gasteiger partial charge in [0.25, 0.3) is 0 Å². The standard InChI is InChI=1S/C12H16BrNO2/c1-8(2)6-11(12(15)16)14-10-5-3-4-9(13)7-10/h3-5,7-8,11,14H,6H2,1-2H3,(H,15,16). The van der Waals surface area contributed by atoms with Crippen molar-refractivity contribution >= 4 is 27.6 Å². The van der Waals surface area contributed by atoms with E-state index in [1.54, 1.807) is 0 Å². The summed E-state index contributed by atoms with van der Waals surface area (Å²) in [6, 6.07) is 6.98. The summed E-state index contributed by atoms with van der Waals surface area (Å²) in [4.78, 5) is 11.1. The molecule has 2 N–H and O–H groups in total. The molecular weight excluding hydrogens is 270 g/mol. The lowest BCUT2D eigenvalue weighted by Crippen LogP contribution is -2.30. The minimum Gasteiger partial charge on any atom is -0.480 e. The first-order chi connectivity index (χ1) is 7.49. The van der Waals surface area contributed by atoms with Gasteiger partial charge in [-0.2, -0.15) is 0 Å². The zero-order valence-electron chi connectivity index (χ0n) is 9.40. The highest BCUT2D eigenvalue weighted by atomic mass is 79.9. The van der Waals surface area contributed by atoms with Crippen LogP contribution in [-0.4, -0.2) is 17.1 Å². The van der Waals surface area contributed by atoms with Crippen molar-refractivity contribution < 1.29 is 9.90 Å². The summed E-state index contributed by atoms with van der Waals surface area (Å²) in [5.41, 5.74) is 0.822. The quantitative estimate of drug-likeness (QED) is 0.872. The SMILES string of the molecule is CC(C)CC(Nc1cccc(Br)c1)C(=O)O. The maximum atomic E-state index is 11.1. The molecule has 0 aliphatic heterocycles. The van der Waals surface area contributed by atoms with E-state index in [9.17, 15) is 4.79 Å². The van der Waals surface area contributed by atoms with Gasteiger partial charge in [0.15, 0.2) is 0 Å². The monoisotopic (exact) mass is 285 g/mol. The number of halogens is 1. The molecule has 0 amide bonds. The van der Waals surface area contributed by atoms with Crippen LogP contribution in [0.4, 0.5) is 5.69 Å². The Balaban J connectivity index is 2.71. The minimum absolute atomic E-state index is 0.348. The van der Waals surface area contributed by atoms with E-state index in [2.05, 4.69) is 21.2 Å². The molecule has 88 valence electrons. The minimum atomic E-state index is -0.811. The highest BCUT2D eigenvalue weighted by Crippen LogP contribution is 2.18. The van der Waals surface area contributed by atoms with Gasteiger partial charge in [0.05, 0.1) is 0 Å². The van der Waals surface area contributed by atoms with Crippen LogP contribution in [0.3, 0.4) is 0 Å². The van der Waals surface area contributed by atoms with E-state index in [0.717, 1.165) is 10.2 Å². The second-order valence-corrected chi connectivity index (χ2v) is 5.09.